The Labute approximate surface area is 111 Å². The Balaban J connectivity index is 1.94. The molecular weight excluding hydrogens is 222 g/mol. The summed E-state index contributed by atoms with van der Waals surface area (Å²) < 4.78 is 0. The lowest BCUT2D eigenvalue weighted by Crippen LogP contribution is -2.48. The molecule has 100 valence electrons. The normalized spacial score (nSPS) is 17.2. The highest BCUT2D eigenvalue weighted by atomic mass is 15.3. The summed E-state index contributed by atoms with van der Waals surface area (Å²) in [5, 5.41) is 3.22. The second-order valence-corrected chi connectivity index (χ2v) is 5.22. The molecule has 0 radical (unpaired) electrons. The first kappa shape index (κ1) is 13.4. The molecule has 0 amide bonds. The molecule has 1 heterocycles. The monoisotopic (exact) mass is 247 g/mol. The number of piperazine rings is 1. The van der Waals surface area contributed by atoms with E-state index in [1.807, 2.05) is 7.05 Å². The molecular formula is C15H25N3. The molecule has 1 aliphatic rings. The van der Waals surface area contributed by atoms with Gasteiger partial charge in [0, 0.05) is 45.0 Å². The fourth-order valence-corrected chi connectivity index (χ4v) is 2.54. The van der Waals surface area contributed by atoms with Crippen molar-refractivity contribution in [2.75, 3.05) is 51.2 Å². The predicted octanol–water partition coefficient (Wildman–Crippen LogP) is 1.64. The van der Waals surface area contributed by atoms with Gasteiger partial charge in [0.1, 0.15) is 0 Å². The van der Waals surface area contributed by atoms with Crippen LogP contribution < -0.4 is 10.2 Å². The highest BCUT2D eigenvalue weighted by Crippen LogP contribution is 2.22. The zero-order valence-electron chi connectivity index (χ0n) is 11.9. The molecule has 18 heavy (non-hydrogen) atoms. The molecule has 2 rings (SSSR count). The van der Waals surface area contributed by atoms with Crippen molar-refractivity contribution in [1.29, 1.82) is 0 Å². The van der Waals surface area contributed by atoms with Crippen LogP contribution in [0.3, 0.4) is 0 Å². The van der Waals surface area contributed by atoms with E-state index in [0.29, 0.717) is 0 Å². The van der Waals surface area contributed by atoms with E-state index >= 15 is 0 Å². The van der Waals surface area contributed by atoms with Gasteiger partial charge in [-0.2, -0.15) is 0 Å². The highest BCUT2D eigenvalue weighted by molar-refractivity contribution is 5.55. The van der Waals surface area contributed by atoms with E-state index in [9.17, 15) is 0 Å². The van der Waals surface area contributed by atoms with Gasteiger partial charge in [-0.25, -0.2) is 0 Å². The predicted molar refractivity (Wildman–Crippen MR) is 78.5 cm³/mol. The zero-order valence-corrected chi connectivity index (χ0v) is 11.9. The molecule has 0 atom stereocenters. The van der Waals surface area contributed by atoms with Crippen molar-refractivity contribution < 1.29 is 0 Å². The van der Waals surface area contributed by atoms with Gasteiger partial charge in [-0.15, -0.1) is 0 Å². The Bertz CT molecular complexity index is 381. The van der Waals surface area contributed by atoms with Crippen LogP contribution in [-0.4, -0.2) is 51.2 Å². The maximum absolute atomic E-state index is 3.22. The Morgan fingerprint density at radius 1 is 1.11 bits per heavy atom. The van der Waals surface area contributed by atoms with Gasteiger partial charge in [0.05, 0.1) is 0 Å². The molecule has 0 aromatic heterocycles. The summed E-state index contributed by atoms with van der Waals surface area (Å²) in [6.07, 6.45) is 0. The standard InChI is InChI=1S/C15H25N3/c1-13-4-5-14(2)15(12-13)18-10-8-17(9-11-18)7-6-16-3/h4-5,12,16H,6-11H2,1-3H3. The van der Waals surface area contributed by atoms with Crippen LogP contribution in [0.4, 0.5) is 5.69 Å². The summed E-state index contributed by atoms with van der Waals surface area (Å²) in [4.78, 5) is 5.07. The third-order valence-electron chi connectivity index (χ3n) is 3.76. The molecule has 3 nitrogen and oxygen atoms in total. The minimum Gasteiger partial charge on any atom is -0.369 e. The summed E-state index contributed by atoms with van der Waals surface area (Å²) >= 11 is 0. The SMILES string of the molecule is CNCCN1CCN(c2cc(C)ccc2C)CC1. The van der Waals surface area contributed by atoms with Gasteiger partial charge in [-0.1, -0.05) is 12.1 Å². The van der Waals surface area contributed by atoms with Crippen LogP contribution in [0.15, 0.2) is 18.2 Å². The van der Waals surface area contributed by atoms with E-state index in [0.717, 1.165) is 26.2 Å². The first-order chi connectivity index (χ1) is 8.70. The summed E-state index contributed by atoms with van der Waals surface area (Å²) in [7, 11) is 2.02. The van der Waals surface area contributed by atoms with Gasteiger partial charge in [-0.3, -0.25) is 4.90 Å². The number of anilines is 1. The maximum Gasteiger partial charge on any atom is 0.0399 e. The molecule has 0 unspecified atom stereocenters. The van der Waals surface area contributed by atoms with E-state index in [2.05, 4.69) is 47.2 Å². The van der Waals surface area contributed by atoms with Crippen LogP contribution in [-0.2, 0) is 0 Å². The Hall–Kier alpha value is -1.06. The fourth-order valence-electron chi connectivity index (χ4n) is 2.54. The third-order valence-corrected chi connectivity index (χ3v) is 3.76. The van der Waals surface area contributed by atoms with Gasteiger partial charge in [-0.05, 0) is 38.1 Å². The molecule has 1 N–H and O–H groups in total. The molecule has 3 heteroatoms. The largest absolute Gasteiger partial charge is 0.369 e. The van der Waals surface area contributed by atoms with Crippen molar-refractivity contribution in [3.63, 3.8) is 0 Å². The second-order valence-electron chi connectivity index (χ2n) is 5.22. The lowest BCUT2D eigenvalue weighted by Gasteiger charge is -2.37. The van der Waals surface area contributed by atoms with E-state index in [1.165, 1.54) is 29.9 Å². The van der Waals surface area contributed by atoms with Crippen molar-refractivity contribution in [3.05, 3.63) is 29.3 Å². The van der Waals surface area contributed by atoms with E-state index < -0.39 is 0 Å². The first-order valence-electron chi connectivity index (χ1n) is 6.90. The van der Waals surface area contributed by atoms with Gasteiger partial charge in [0.25, 0.3) is 0 Å². The number of nitrogens with zero attached hydrogens (tertiary/aromatic N) is 2. The molecule has 0 saturated carbocycles. The Morgan fingerprint density at radius 3 is 2.50 bits per heavy atom. The smallest absolute Gasteiger partial charge is 0.0399 e. The van der Waals surface area contributed by atoms with Gasteiger partial charge < -0.3 is 10.2 Å². The first-order valence-corrected chi connectivity index (χ1v) is 6.90. The van der Waals surface area contributed by atoms with Crippen molar-refractivity contribution in [1.82, 2.24) is 10.2 Å². The molecule has 0 bridgehead atoms. The topological polar surface area (TPSA) is 18.5 Å². The minimum atomic E-state index is 1.09. The number of likely N-dealkylation sites (N-methyl/N-ethyl adjacent to an activating group) is 1. The average molecular weight is 247 g/mol. The van der Waals surface area contributed by atoms with Crippen LogP contribution in [0.5, 0.6) is 0 Å². The molecule has 0 spiro atoms. The maximum atomic E-state index is 3.22. The Kier molecular flexibility index (Phi) is 4.61. The van der Waals surface area contributed by atoms with E-state index in [4.69, 9.17) is 0 Å². The number of nitrogens with one attached hydrogen (secondary N) is 1. The third kappa shape index (κ3) is 3.24. The summed E-state index contributed by atoms with van der Waals surface area (Å²) in [6, 6.07) is 6.75. The molecule has 1 fully saturated rings. The average Bonchev–Trinajstić information content (AvgIpc) is 2.40. The molecule has 1 aliphatic heterocycles. The molecule has 1 aromatic carbocycles. The van der Waals surface area contributed by atoms with Crippen LogP contribution in [0.1, 0.15) is 11.1 Å². The number of hydrogen-bond donors (Lipinski definition) is 1. The summed E-state index contributed by atoms with van der Waals surface area (Å²) in [5.74, 6) is 0. The van der Waals surface area contributed by atoms with Gasteiger partial charge in [0.2, 0.25) is 0 Å². The molecule has 1 aromatic rings. The lowest BCUT2D eigenvalue weighted by molar-refractivity contribution is 0.259. The number of rotatable bonds is 4. The van der Waals surface area contributed by atoms with Crippen LogP contribution in [0, 0.1) is 13.8 Å². The van der Waals surface area contributed by atoms with Crippen LogP contribution >= 0.6 is 0 Å². The van der Waals surface area contributed by atoms with Crippen molar-refractivity contribution in [2.24, 2.45) is 0 Å². The highest BCUT2D eigenvalue weighted by Gasteiger charge is 2.17. The van der Waals surface area contributed by atoms with Crippen molar-refractivity contribution in [3.8, 4) is 0 Å². The molecule has 0 aliphatic carbocycles. The minimum absolute atomic E-state index is 1.09. The summed E-state index contributed by atoms with van der Waals surface area (Å²) in [5.41, 5.74) is 4.17. The van der Waals surface area contributed by atoms with Gasteiger partial charge >= 0.3 is 0 Å². The number of benzene rings is 1. The quantitative estimate of drug-likeness (QED) is 0.873. The number of aryl methyl sites for hydroxylation is 2. The van der Waals surface area contributed by atoms with Crippen LogP contribution in [0.2, 0.25) is 0 Å². The Morgan fingerprint density at radius 2 is 1.83 bits per heavy atom. The summed E-state index contributed by atoms with van der Waals surface area (Å²) in [6.45, 7) is 11.3. The van der Waals surface area contributed by atoms with Gasteiger partial charge in [0.15, 0.2) is 0 Å². The second kappa shape index (κ2) is 6.21. The lowest BCUT2D eigenvalue weighted by atomic mass is 10.1. The van der Waals surface area contributed by atoms with Crippen LogP contribution in [0.25, 0.3) is 0 Å². The molecule has 1 saturated heterocycles. The van der Waals surface area contributed by atoms with Crippen molar-refractivity contribution >= 4 is 5.69 Å². The van der Waals surface area contributed by atoms with E-state index in [1.54, 1.807) is 0 Å². The van der Waals surface area contributed by atoms with E-state index in [-0.39, 0.29) is 0 Å². The fraction of sp³-hybridized carbons (Fsp3) is 0.600. The zero-order chi connectivity index (χ0) is 13.0. The number of hydrogen-bond acceptors (Lipinski definition) is 3. The van der Waals surface area contributed by atoms with Crippen molar-refractivity contribution in [2.45, 2.75) is 13.8 Å².